The number of rotatable bonds is 7. The van der Waals surface area contributed by atoms with Crippen LogP contribution in [0.4, 0.5) is 17.1 Å². The number of hydrogen-bond donors (Lipinski definition) is 0. The van der Waals surface area contributed by atoms with Gasteiger partial charge in [0.2, 0.25) is 0 Å². The van der Waals surface area contributed by atoms with Gasteiger partial charge in [0.15, 0.2) is 0 Å². The molecule has 0 fully saturated rings. The Morgan fingerprint density at radius 1 is 0.296 bits per heavy atom. The van der Waals surface area contributed by atoms with Crippen LogP contribution >= 0.6 is 0 Å². The molecule has 0 amide bonds. The van der Waals surface area contributed by atoms with Crippen LogP contribution in [0.2, 0.25) is 0 Å². The van der Waals surface area contributed by atoms with Crippen LogP contribution in [0.3, 0.4) is 0 Å². The van der Waals surface area contributed by atoms with Crippen LogP contribution in [0.25, 0.3) is 77.2 Å². The zero-order valence-corrected chi connectivity index (χ0v) is 29.6. The van der Waals surface area contributed by atoms with Gasteiger partial charge in [0.05, 0.1) is 5.69 Å². The number of nitrogens with zero attached hydrogens (tertiary/aromatic N) is 1. The van der Waals surface area contributed by atoms with E-state index in [1.807, 2.05) is 12.1 Å². The van der Waals surface area contributed by atoms with E-state index in [4.69, 9.17) is 4.42 Å². The maximum Gasteiger partial charge on any atom is 0.143 e. The number of benzene rings is 9. The van der Waals surface area contributed by atoms with Gasteiger partial charge >= 0.3 is 0 Å². The Bertz CT molecular complexity index is 2880. The first-order chi connectivity index (χ1) is 26.8. The summed E-state index contributed by atoms with van der Waals surface area (Å²) < 4.78 is 6.39. The van der Waals surface area contributed by atoms with Crippen LogP contribution in [0.1, 0.15) is 0 Å². The molecule has 0 saturated carbocycles. The minimum Gasteiger partial charge on any atom is -0.455 e. The number of furan rings is 1. The van der Waals surface area contributed by atoms with Crippen LogP contribution in [-0.2, 0) is 0 Å². The van der Waals surface area contributed by atoms with Crippen LogP contribution in [0.5, 0.6) is 0 Å². The topological polar surface area (TPSA) is 16.4 Å². The van der Waals surface area contributed by atoms with Crippen LogP contribution in [0, 0.1) is 0 Å². The van der Waals surface area contributed by atoms with E-state index >= 15 is 0 Å². The lowest BCUT2D eigenvalue weighted by molar-refractivity contribution is 0.670. The summed E-state index contributed by atoms with van der Waals surface area (Å²) in [6.07, 6.45) is 0. The van der Waals surface area contributed by atoms with Crippen molar-refractivity contribution in [1.29, 1.82) is 0 Å². The summed E-state index contributed by atoms with van der Waals surface area (Å²) in [5, 5.41) is 4.69. The standard InChI is InChI=1S/C52H35NO/c1-2-10-36(11-3-1)37-20-22-38(23-21-37)39-24-26-40(27-25-39)41-28-32-44(33-29-41)53(50-18-8-13-42-12-4-5-14-46(42)50)45-34-30-43(31-35-45)47-16-9-17-49-48-15-6-7-19-51(48)54-52(47)49/h1-35H. The molecule has 10 aromatic rings. The SMILES string of the molecule is c1ccc(-c2ccc(-c3ccc(-c4ccc(N(c5ccc(-c6cccc7c6oc6ccccc67)cc5)c5cccc6ccccc56)cc4)cc3)cc2)cc1. The zero-order chi connectivity index (χ0) is 35.8. The molecule has 9 aromatic carbocycles. The molecule has 0 aliphatic rings. The van der Waals surface area contributed by atoms with Gasteiger partial charge in [-0.1, -0.05) is 176 Å². The smallest absolute Gasteiger partial charge is 0.143 e. The van der Waals surface area contributed by atoms with Crippen molar-refractivity contribution < 1.29 is 4.42 Å². The maximum absolute atomic E-state index is 6.39. The molecule has 0 aliphatic heterocycles. The van der Waals surface area contributed by atoms with E-state index in [0.29, 0.717) is 0 Å². The van der Waals surface area contributed by atoms with Crippen LogP contribution < -0.4 is 4.90 Å². The van der Waals surface area contributed by atoms with Gasteiger partial charge in [-0.05, 0) is 80.7 Å². The summed E-state index contributed by atoms with van der Waals surface area (Å²) >= 11 is 0. The van der Waals surface area contributed by atoms with Crippen molar-refractivity contribution in [3.8, 4) is 44.5 Å². The van der Waals surface area contributed by atoms with Gasteiger partial charge < -0.3 is 9.32 Å². The fourth-order valence-corrected chi connectivity index (χ4v) is 7.74. The van der Waals surface area contributed by atoms with E-state index in [9.17, 15) is 0 Å². The van der Waals surface area contributed by atoms with Crippen LogP contribution in [-0.4, -0.2) is 0 Å². The van der Waals surface area contributed by atoms with Crippen LogP contribution in [0.15, 0.2) is 217 Å². The highest BCUT2D eigenvalue weighted by atomic mass is 16.3. The summed E-state index contributed by atoms with van der Waals surface area (Å²) in [5.74, 6) is 0. The van der Waals surface area contributed by atoms with Crippen molar-refractivity contribution in [3.05, 3.63) is 212 Å². The lowest BCUT2D eigenvalue weighted by Crippen LogP contribution is -2.10. The molecule has 254 valence electrons. The second kappa shape index (κ2) is 13.4. The third-order valence-corrected chi connectivity index (χ3v) is 10.5. The summed E-state index contributed by atoms with van der Waals surface area (Å²) in [6.45, 7) is 0. The fraction of sp³-hybridized carbons (Fsp3) is 0. The Morgan fingerprint density at radius 2 is 0.741 bits per heavy atom. The van der Waals surface area contributed by atoms with E-state index in [1.165, 1.54) is 44.2 Å². The molecular weight excluding hydrogens is 655 g/mol. The molecule has 0 bridgehead atoms. The van der Waals surface area contributed by atoms with Crippen molar-refractivity contribution in [2.24, 2.45) is 0 Å². The van der Waals surface area contributed by atoms with Crippen molar-refractivity contribution in [1.82, 2.24) is 0 Å². The highest BCUT2D eigenvalue weighted by Crippen LogP contribution is 2.41. The molecule has 1 heterocycles. The molecule has 0 unspecified atom stereocenters. The Balaban J connectivity index is 0.981. The summed E-state index contributed by atoms with van der Waals surface area (Å²) in [6, 6.07) is 75.8. The largest absolute Gasteiger partial charge is 0.455 e. The predicted octanol–water partition coefficient (Wildman–Crippen LogP) is 14.9. The Labute approximate surface area is 314 Å². The van der Waals surface area contributed by atoms with Crippen molar-refractivity contribution in [2.75, 3.05) is 4.90 Å². The molecule has 0 atom stereocenters. The summed E-state index contributed by atoms with van der Waals surface area (Å²) in [4.78, 5) is 2.36. The van der Waals surface area contributed by atoms with E-state index in [-0.39, 0.29) is 0 Å². The minimum atomic E-state index is 0.909. The molecule has 0 aliphatic carbocycles. The molecule has 0 saturated heterocycles. The predicted molar refractivity (Wildman–Crippen MR) is 228 cm³/mol. The van der Waals surface area contributed by atoms with E-state index < -0.39 is 0 Å². The lowest BCUT2D eigenvalue weighted by Gasteiger charge is -2.27. The molecule has 0 spiro atoms. The number of fused-ring (bicyclic) bond motifs is 4. The number of anilines is 3. The lowest BCUT2D eigenvalue weighted by atomic mass is 9.98. The second-order valence-corrected chi connectivity index (χ2v) is 13.7. The first kappa shape index (κ1) is 31.6. The molecule has 54 heavy (non-hydrogen) atoms. The third kappa shape index (κ3) is 5.71. The van der Waals surface area contributed by atoms with Crippen molar-refractivity contribution >= 4 is 49.8 Å². The molecule has 2 heteroatoms. The number of hydrogen-bond acceptors (Lipinski definition) is 2. The van der Waals surface area contributed by atoms with Gasteiger partial charge in [0.25, 0.3) is 0 Å². The highest BCUT2D eigenvalue weighted by Gasteiger charge is 2.17. The second-order valence-electron chi connectivity index (χ2n) is 13.7. The summed E-state index contributed by atoms with van der Waals surface area (Å²) in [7, 11) is 0. The minimum absolute atomic E-state index is 0.909. The zero-order valence-electron chi connectivity index (χ0n) is 29.6. The Hall–Kier alpha value is -7.16. The van der Waals surface area contributed by atoms with Gasteiger partial charge in [0, 0.05) is 33.1 Å². The van der Waals surface area contributed by atoms with Crippen molar-refractivity contribution in [3.63, 3.8) is 0 Å². The Kier molecular flexibility index (Phi) is 7.85. The van der Waals surface area contributed by atoms with Gasteiger partial charge in [-0.2, -0.15) is 0 Å². The quantitative estimate of drug-likeness (QED) is 0.166. The molecule has 0 N–H and O–H groups in total. The third-order valence-electron chi connectivity index (χ3n) is 10.5. The molecular formula is C52H35NO. The summed E-state index contributed by atoms with van der Waals surface area (Å²) in [5.41, 5.74) is 14.6. The van der Waals surface area contributed by atoms with E-state index in [0.717, 1.165) is 50.1 Å². The molecule has 0 radical (unpaired) electrons. The Morgan fingerprint density at radius 3 is 1.37 bits per heavy atom. The van der Waals surface area contributed by atoms with Gasteiger partial charge in [0.1, 0.15) is 11.2 Å². The maximum atomic E-state index is 6.39. The first-order valence-electron chi connectivity index (χ1n) is 18.4. The first-order valence-corrected chi connectivity index (χ1v) is 18.4. The molecule has 2 nitrogen and oxygen atoms in total. The van der Waals surface area contributed by atoms with Gasteiger partial charge in [-0.25, -0.2) is 0 Å². The van der Waals surface area contributed by atoms with E-state index in [2.05, 4.69) is 205 Å². The normalized spacial score (nSPS) is 11.3. The van der Waals surface area contributed by atoms with Crippen molar-refractivity contribution in [2.45, 2.75) is 0 Å². The molecule has 1 aromatic heterocycles. The average Bonchev–Trinajstić information content (AvgIpc) is 3.64. The number of para-hydroxylation sites is 2. The average molecular weight is 690 g/mol. The monoisotopic (exact) mass is 689 g/mol. The van der Waals surface area contributed by atoms with Gasteiger partial charge in [-0.3, -0.25) is 0 Å². The highest BCUT2D eigenvalue weighted by molar-refractivity contribution is 6.09. The van der Waals surface area contributed by atoms with Gasteiger partial charge in [-0.15, -0.1) is 0 Å². The molecule has 10 rings (SSSR count). The fourth-order valence-electron chi connectivity index (χ4n) is 7.74. The van der Waals surface area contributed by atoms with E-state index in [1.54, 1.807) is 0 Å².